The predicted molar refractivity (Wildman–Crippen MR) is 67.9 cm³/mol. The molecule has 106 valence electrons. The summed E-state index contributed by atoms with van der Waals surface area (Å²) in [7, 11) is -3.82. The molecule has 2 fully saturated rings. The number of fused-ring (bicyclic) bond motifs is 1. The molecule has 0 spiro atoms. The zero-order valence-corrected chi connectivity index (χ0v) is 11.4. The van der Waals surface area contributed by atoms with Gasteiger partial charge in [0.15, 0.2) is 15.9 Å². The molecule has 1 N–H and O–H groups in total. The first-order valence-corrected chi connectivity index (χ1v) is 7.33. The molecule has 8 heteroatoms. The van der Waals surface area contributed by atoms with Crippen LogP contribution in [-0.4, -0.2) is 46.5 Å². The molecule has 2 heterocycles. The van der Waals surface area contributed by atoms with E-state index in [1.54, 1.807) is 6.07 Å². The van der Waals surface area contributed by atoms with Crippen molar-refractivity contribution < 1.29 is 23.1 Å². The molecule has 2 aliphatic rings. The average Bonchev–Trinajstić information content (AvgIpc) is 2.49. The van der Waals surface area contributed by atoms with Gasteiger partial charge in [0.25, 0.3) is 0 Å². The van der Waals surface area contributed by atoms with Crippen molar-refractivity contribution in [3.05, 3.63) is 24.3 Å². The van der Waals surface area contributed by atoms with Crippen LogP contribution in [0, 0.1) is 11.3 Å². The summed E-state index contributed by atoms with van der Waals surface area (Å²) in [6, 6.07) is 0.296. The van der Waals surface area contributed by atoms with E-state index < -0.39 is 37.9 Å². The maximum absolute atomic E-state index is 12.4. The molecule has 0 unspecified atom stereocenters. The zero-order valence-electron chi connectivity index (χ0n) is 10.6. The number of hydrogen-bond acceptors (Lipinski definition) is 5. The van der Waals surface area contributed by atoms with Gasteiger partial charge in [0.05, 0.1) is 12.5 Å². The molecule has 0 saturated carbocycles. The smallest absolute Gasteiger partial charge is 0.328 e. The number of carboxylic acids is 1. The van der Waals surface area contributed by atoms with Crippen LogP contribution >= 0.6 is 0 Å². The van der Waals surface area contributed by atoms with Gasteiger partial charge in [-0.05, 0) is 6.92 Å². The van der Waals surface area contributed by atoms with Crippen LogP contribution in [0.1, 0.15) is 13.3 Å². The number of carbonyl (C=O) groups excluding carboxylic acids is 1. The monoisotopic (exact) mass is 296 g/mol. The Labute approximate surface area is 115 Å². The van der Waals surface area contributed by atoms with Crippen LogP contribution in [0.3, 0.4) is 0 Å². The van der Waals surface area contributed by atoms with Gasteiger partial charge in [-0.25, -0.2) is 13.2 Å². The molecule has 7 nitrogen and oxygen atoms in total. The Morgan fingerprint density at radius 1 is 1.55 bits per heavy atom. The van der Waals surface area contributed by atoms with Crippen molar-refractivity contribution in [3.63, 3.8) is 0 Å². The highest BCUT2D eigenvalue weighted by Crippen LogP contribution is 2.46. The fraction of sp³-hybridized carbons (Fsp3) is 0.417. The first-order chi connectivity index (χ1) is 9.27. The Balaban J connectivity index is 2.50. The second-order valence-electron chi connectivity index (χ2n) is 4.78. The Kier molecular flexibility index (Phi) is 3.18. The van der Waals surface area contributed by atoms with Gasteiger partial charge in [0.2, 0.25) is 5.91 Å². The lowest BCUT2D eigenvalue weighted by atomic mass is 9.96. The van der Waals surface area contributed by atoms with E-state index >= 15 is 0 Å². The summed E-state index contributed by atoms with van der Waals surface area (Å²) in [6.07, 6.45) is 4.81. The Bertz CT molecular complexity index is 672. The molecule has 20 heavy (non-hydrogen) atoms. The summed E-state index contributed by atoms with van der Waals surface area (Å²) in [6.45, 7) is 1.28. The van der Waals surface area contributed by atoms with Gasteiger partial charge in [0, 0.05) is 6.08 Å². The first-order valence-electron chi connectivity index (χ1n) is 5.79. The number of amides is 1. The number of allylic oxidation sites excluding steroid dienone is 3. The molecule has 0 aromatic heterocycles. The second-order valence-corrected chi connectivity index (χ2v) is 7.29. The summed E-state index contributed by atoms with van der Waals surface area (Å²) >= 11 is 0. The molecule has 2 aliphatic heterocycles. The van der Waals surface area contributed by atoms with Crippen LogP contribution in [0.15, 0.2) is 24.3 Å². The number of carboxylic acid groups (broad SMARTS) is 1. The Hall–Kier alpha value is -2.14. The zero-order chi connectivity index (χ0) is 15.1. The fourth-order valence-electron chi connectivity index (χ4n) is 2.59. The summed E-state index contributed by atoms with van der Waals surface area (Å²) < 4.78 is 23.1. The van der Waals surface area contributed by atoms with Crippen molar-refractivity contribution in [2.45, 2.75) is 29.5 Å². The van der Waals surface area contributed by atoms with E-state index in [-0.39, 0.29) is 6.42 Å². The van der Waals surface area contributed by atoms with Gasteiger partial charge in [0.1, 0.15) is 10.1 Å². The van der Waals surface area contributed by atoms with Gasteiger partial charge in [-0.1, -0.05) is 18.2 Å². The highest BCUT2D eigenvalue weighted by molar-refractivity contribution is 7.94. The van der Waals surface area contributed by atoms with E-state index in [2.05, 4.69) is 0 Å². The van der Waals surface area contributed by atoms with Crippen molar-refractivity contribution in [3.8, 4) is 6.07 Å². The Morgan fingerprint density at radius 3 is 2.70 bits per heavy atom. The molecule has 0 bridgehead atoms. The van der Waals surface area contributed by atoms with Crippen LogP contribution in [0.25, 0.3) is 0 Å². The lowest BCUT2D eigenvalue weighted by molar-refractivity contribution is -0.157. The number of aliphatic carboxylic acids is 1. The summed E-state index contributed by atoms with van der Waals surface area (Å²) in [4.78, 5) is 23.8. The second kappa shape index (κ2) is 4.45. The fourth-order valence-corrected chi connectivity index (χ4v) is 4.87. The molecule has 0 aromatic rings. The number of nitrogens with zero attached hydrogens (tertiary/aromatic N) is 2. The molecule has 3 atom stereocenters. The minimum absolute atomic E-state index is 0.177. The molecular weight excluding hydrogens is 284 g/mol. The molecule has 1 amide bonds. The maximum atomic E-state index is 12.4. The molecular formula is C12H12N2O5S. The van der Waals surface area contributed by atoms with E-state index in [1.165, 1.54) is 25.2 Å². The van der Waals surface area contributed by atoms with Crippen molar-refractivity contribution in [1.82, 2.24) is 4.90 Å². The van der Waals surface area contributed by atoms with E-state index in [1.807, 2.05) is 0 Å². The van der Waals surface area contributed by atoms with Crippen LogP contribution in [0.5, 0.6) is 0 Å². The number of nitriles is 1. The van der Waals surface area contributed by atoms with Crippen LogP contribution in [0.4, 0.5) is 0 Å². The van der Waals surface area contributed by atoms with Gasteiger partial charge in [-0.15, -0.1) is 0 Å². The van der Waals surface area contributed by atoms with Crippen molar-refractivity contribution >= 4 is 21.7 Å². The normalized spacial score (nSPS) is 35.0. The number of sulfone groups is 1. The number of hydrogen-bond donors (Lipinski definition) is 1. The van der Waals surface area contributed by atoms with Crippen LogP contribution < -0.4 is 0 Å². The van der Waals surface area contributed by atoms with Gasteiger partial charge < -0.3 is 10.0 Å². The minimum Gasteiger partial charge on any atom is -0.480 e. The largest absolute Gasteiger partial charge is 0.480 e. The average molecular weight is 296 g/mol. The third-order valence-corrected chi connectivity index (χ3v) is 6.38. The van der Waals surface area contributed by atoms with Crippen molar-refractivity contribution in [1.29, 1.82) is 5.26 Å². The van der Waals surface area contributed by atoms with E-state index in [4.69, 9.17) is 5.26 Å². The standard InChI is InChI=1S/C12H12N2O5S/c1-12(5-3-2-4-6-13)10(11(16)17)14-8(15)7-9(14)20(12,18)19/h2-5,9-10H,7H2,1H3,(H,16,17)/b4-2-,5-3+/t9-,10+,12+/m1/s1. The number of carbonyl (C=O) groups is 2. The van der Waals surface area contributed by atoms with Gasteiger partial charge in [-0.2, -0.15) is 5.26 Å². The van der Waals surface area contributed by atoms with Crippen LogP contribution in [0.2, 0.25) is 0 Å². The highest BCUT2D eigenvalue weighted by atomic mass is 32.2. The third-order valence-electron chi connectivity index (χ3n) is 3.68. The summed E-state index contributed by atoms with van der Waals surface area (Å²) in [5.74, 6) is -1.84. The van der Waals surface area contributed by atoms with Gasteiger partial charge in [-0.3, -0.25) is 4.79 Å². The quantitative estimate of drug-likeness (QED) is 0.439. The first kappa shape index (κ1) is 14.3. The Morgan fingerprint density at radius 2 is 2.20 bits per heavy atom. The number of rotatable bonds is 3. The van der Waals surface area contributed by atoms with Gasteiger partial charge >= 0.3 is 5.97 Å². The van der Waals surface area contributed by atoms with E-state index in [0.717, 1.165) is 11.0 Å². The molecule has 0 aromatic carbocycles. The summed E-state index contributed by atoms with van der Waals surface area (Å²) in [5, 5.41) is 16.6. The van der Waals surface area contributed by atoms with Crippen LogP contribution in [-0.2, 0) is 19.4 Å². The maximum Gasteiger partial charge on any atom is 0.328 e. The molecule has 0 radical (unpaired) electrons. The lowest BCUT2D eigenvalue weighted by Gasteiger charge is -2.35. The van der Waals surface area contributed by atoms with E-state index in [0.29, 0.717) is 0 Å². The highest BCUT2D eigenvalue weighted by Gasteiger charge is 2.68. The lowest BCUT2D eigenvalue weighted by Crippen LogP contribution is -2.57. The van der Waals surface area contributed by atoms with E-state index in [9.17, 15) is 23.1 Å². The van der Waals surface area contributed by atoms with Crippen molar-refractivity contribution in [2.75, 3.05) is 0 Å². The predicted octanol–water partition coefficient (Wildman–Crippen LogP) is -0.179. The summed E-state index contributed by atoms with van der Waals surface area (Å²) in [5.41, 5.74) is 0. The number of β-lactam (4-membered cyclic amide) rings is 1. The van der Waals surface area contributed by atoms with Crippen molar-refractivity contribution in [2.24, 2.45) is 0 Å². The molecule has 2 rings (SSSR count). The SMILES string of the molecule is C[C@]1(/C=C/C=C\C#N)[C@H](C(=O)O)N2C(=O)C[C@H]2S1(=O)=O. The third kappa shape index (κ3) is 1.67. The molecule has 0 aliphatic carbocycles. The minimum atomic E-state index is -3.82. The molecule has 2 saturated heterocycles. The topological polar surface area (TPSA) is 116 Å².